The van der Waals surface area contributed by atoms with Gasteiger partial charge in [-0.1, -0.05) is 216 Å². The summed E-state index contributed by atoms with van der Waals surface area (Å²) in [5.41, 5.74) is 15.9. The summed E-state index contributed by atoms with van der Waals surface area (Å²) in [5.74, 6) is 3.40. The zero-order valence-electron chi connectivity index (χ0n) is 57.7. The minimum Gasteiger partial charge on any atom is -0.452 e. The third-order valence-corrected chi connectivity index (χ3v) is 21.7. The molecule has 0 aliphatic carbocycles. The number of rotatable bonds is 6. The van der Waals surface area contributed by atoms with E-state index in [0.717, 1.165) is 105 Å². The maximum atomic E-state index is 6.71. The Morgan fingerprint density at radius 2 is 0.654 bits per heavy atom. The molecule has 3 aliphatic rings. The first-order valence-electron chi connectivity index (χ1n) is 35.4. The molecule has 0 spiro atoms. The summed E-state index contributed by atoms with van der Waals surface area (Å²) < 4.78 is 31.7. The van der Waals surface area contributed by atoms with E-state index in [9.17, 15) is 0 Å². The molecular weight excluding hydrogens is 1340 g/mol. The van der Waals surface area contributed by atoms with Crippen molar-refractivity contribution in [1.82, 2.24) is 9.13 Å². The molecule has 0 radical (unpaired) electrons. The molecule has 8 nitrogen and oxygen atoms in total. The molecule has 0 N–H and O–H groups in total. The highest BCUT2D eigenvalue weighted by Gasteiger charge is 2.52. The molecule has 498 valence electrons. The Morgan fingerprint density at radius 1 is 0.279 bits per heavy atom. The van der Waals surface area contributed by atoms with Gasteiger partial charge >= 0.3 is 7.12 Å². The van der Waals surface area contributed by atoms with E-state index in [0.29, 0.717) is 0 Å². The normalized spacial score (nSPS) is 14.0. The van der Waals surface area contributed by atoms with Gasteiger partial charge in [0.05, 0.1) is 56.0 Å². The van der Waals surface area contributed by atoms with E-state index >= 15 is 0 Å². The van der Waals surface area contributed by atoms with E-state index < -0.39 is 18.3 Å². The van der Waals surface area contributed by atoms with Gasteiger partial charge in [-0.2, -0.15) is 0 Å². The average Bonchev–Trinajstić information content (AvgIpc) is 1.50. The minimum absolute atomic E-state index is 0.394. The van der Waals surface area contributed by atoms with Gasteiger partial charge in [-0.15, -0.1) is 0 Å². The standard InChI is InChI=1S/C44H28N2O.C28H26BNO3.C22H14BrN/c1-3-14-34(15-4-1)45-39-22-20-32(26-37(39)38-25-30-12-7-8-13-31(30)27-41(38)45)33-21-24-43-42(28-33)46(35-16-5-2-6-17-35)40-23-19-29-11-9-10-18-36(29)44(40)47-43;1-27(2)28(3,4)33-29(32-27)20-15-17-25-24(18-20)30(21-11-6-5-7-12-21)23-16-14-19-10-8-9-13-22(19)26(23)31-25;23-17-10-11-21-20(14-17)19-12-15-6-4-5-7-16(15)13-22(19)24(21)18-8-2-1-3-9-18/h1-28H;5-18H,1-4H3;1-14H. The van der Waals surface area contributed by atoms with Crippen LogP contribution in [0.25, 0.3) is 109 Å². The highest BCUT2D eigenvalue weighted by Crippen LogP contribution is 2.56. The number of hydrogen-bond donors (Lipinski definition) is 0. The summed E-state index contributed by atoms with van der Waals surface area (Å²) in [6, 6.07) is 120. The monoisotopic (exact) mass is 1410 g/mol. The lowest BCUT2D eigenvalue weighted by atomic mass is 9.78. The summed E-state index contributed by atoms with van der Waals surface area (Å²) in [6.45, 7) is 8.30. The van der Waals surface area contributed by atoms with Gasteiger partial charge in [-0.3, -0.25) is 0 Å². The van der Waals surface area contributed by atoms with Crippen molar-refractivity contribution in [3.63, 3.8) is 0 Å². The van der Waals surface area contributed by atoms with Gasteiger partial charge in [-0.25, -0.2) is 0 Å². The second kappa shape index (κ2) is 25.1. The second-order valence-corrected chi connectivity index (χ2v) is 28.9. The number of benzene rings is 16. The van der Waals surface area contributed by atoms with Crippen molar-refractivity contribution in [3.05, 3.63) is 344 Å². The lowest BCUT2D eigenvalue weighted by Gasteiger charge is -2.34. The van der Waals surface area contributed by atoms with E-state index in [-0.39, 0.29) is 0 Å². The fraction of sp³-hybridized carbons (Fsp3) is 0.0638. The van der Waals surface area contributed by atoms with Gasteiger partial charge in [-0.05, 0) is 216 Å². The fourth-order valence-electron chi connectivity index (χ4n) is 15.4. The van der Waals surface area contributed by atoms with Crippen LogP contribution in [-0.4, -0.2) is 27.5 Å². The number of ether oxygens (including phenoxy) is 2. The molecular formula is C94H68BBrN4O4. The number of fused-ring (bicyclic) bond motifs is 16. The van der Waals surface area contributed by atoms with Crippen LogP contribution in [-0.2, 0) is 9.31 Å². The molecule has 0 saturated carbocycles. The van der Waals surface area contributed by atoms with Crippen molar-refractivity contribution in [3.8, 4) is 45.5 Å². The van der Waals surface area contributed by atoms with Crippen LogP contribution in [0.4, 0.5) is 34.1 Å². The predicted octanol–water partition coefficient (Wildman–Crippen LogP) is 25.7. The smallest absolute Gasteiger partial charge is 0.452 e. The van der Waals surface area contributed by atoms with Gasteiger partial charge in [0.15, 0.2) is 23.0 Å². The molecule has 21 rings (SSSR count). The summed E-state index contributed by atoms with van der Waals surface area (Å²) >= 11 is 3.62. The van der Waals surface area contributed by atoms with Crippen molar-refractivity contribution >= 4 is 149 Å². The van der Waals surface area contributed by atoms with E-state index in [1.807, 2.05) is 18.2 Å². The molecule has 0 unspecified atom stereocenters. The first-order chi connectivity index (χ1) is 50.9. The summed E-state index contributed by atoms with van der Waals surface area (Å²) in [5, 5.41) is 14.6. The van der Waals surface area contributed by atoms with Gasteiger partial charge in [0, 0.05) is 59.5 Å². The molecule has 1 fully saturated rings. The van der Waals surface area contributed by atoms with Crippen LogP contribution >= 0.6 is 15.9 Å². The van der Waals surface area contributed by atoms with Gasteiger partial charge in [0.1, 0.15) is 0 Å². The number of halogens is 1. The first kappa shape index (κ1) is 62.8. The quantitative estimate of drug-likeness (QED) is 0.155. The predicted molar refractivity (Wildman–Crippen MR) is 436 cm³/mol. The van der Waals surface area contributed by atoms with E-state index in [2.05, 4.69) is 384 Å². The molecule has 18 aromatic rings. The summed E-state index contributed by atoms with van der Waals surface area (Å²) in [6.07, 6.45) is 0. The molecule has 0 atom stereocenters. The third kappa shape index (κ3) is 10.7. The molecule has 5 heterocycles. The molecule has 3 aliphatic heterocycles. The van der Waals surface area contributed by atoms with Crippen LogP contribution in [0.1, 0.15) is 27.7 Å². The molecule has 1 saturated heterocycles. The Morgan fingerprint density at radius 3 is 1.14 bits per heavy atom. The van der Waals surface area contributed by atoms with E-state index in [1.165, 1.54) is 70.8 Å². The molecule has 16 aromatic carbocycles. The highest BCUT2D eigenvalue weighted by molar-refractivity contribution is 9.10. The van der Waals surface area contributed by atoms with Crippen LogP contribution in [0.2, 0.25) is 0 Å². The lowest BCUT2D eigenvalue weighted by molar-refractivity contribution is 0.00578. The maximum Gasteiger partial charge on any atom is 0.494 e. The molecule has 2 aromatic heterocycles. The lowest BCUT2D eigenvalue weighted by Crippen LogP contribution is -2.41. The molecule has 0 bridgehead atoms. The van der Waals surface area contributed by atoms with Gasteiger partial charge < -0.3 is 37.7 Å². The second-order valence-electron chi connectivity index (χ2n) is 28.0. The van der Waals surface area contributed by atoms with Crippen LogP contribution in [0.15, 0.2) is 344 Å². The Labute approximate surface area is 611 Å². The SMILES string of the molecule is Brc1ccc2c(c1)c1cc3ccccc3cc1n2-c1ccccc1.CC1(C)OB(c2ccc3c(c2)N(c2ccccc2)c2ccc4ccccc4c2O3)OC1(C)C.c1ccc(N2c3cc(-c4ccc5c(c4)c4cc6ccccc6cc4n5-c4ccccc4)ccc3Oc3c2ccc2ccccc32)cc1. The van der Waals surface area contributed by atoms with Crippen molar-refractivity contribution in [1.29, 1.82) is 0 Å². The summed E-state index contributed by atoms with van der Waals surface area (Å²) in [7, 11) is -0.434. The topological polar surface area (TPSA) is 53.3 Å². The Bertz CT molecular complexity index is 6400. The Balaban J connectivity index is 0.000000114. The average molecular weight is 1410 g/mol. The minimum atomic E-state index is -0.434. The van der Waals surface area contributed by atoms with Crippen molar-refractivity contribution in [2.75, 3.05) is 9.80 Å². The first-order valence-corrected chi connectivity index (χ1v) is 36.2. The zero-order chi connectivity index (χ0) is 69.8. The van der Waals surface area contributed by atoms with Gasteiger partial charge in [0.25, 0.3) is 0 Å². The number of anilines is 6. The zero-order valence-corrected chi connectivity index (χ0v) is 59.3. The van der Waals surface area contributed by atoms with E-state index in [1.54, 1.807) is 0 Å². The van der Waals surface area contributed by atoms with Crippen molar-refractivity contribution in [2.24, 2.45) is 0 Å². The van der Waals surface area contributed by atoms with Gasteiger partial charge in [0.2, 0.25) is 0 Å². The van der Waals surface area contributed by atoms with Crippen LogP contribution in [0.5, 0.6) is 23.0 Å². The molecule has 0 amide bonds. The number of nitrogens with zero attached hydrogens (tertiary/aromatic N) is 4. The van der Waals surface area contributed by atoms with E-state index in [4.69, 9.17) is 18.8 Å². The molecule has 10 heteroatoms. The number of aromatic nitrogens is 2. The maximum absolute atomic E-state index is 6.71. The van der Waals surface area contributed by atoms with Crippen molar-refractivity contribution in [2.45, 2.75) is 38.9 Å². The number of hydrogen-bond acceptors (Lipinski definition) is 6. The largest absolute Gasteiger partial charge is 0.494 e. The molecule has 104 heavy (non-hydrogen) atoms. The van der Waals surface area contributed by atoms with Crippen LogP contribution in [0, 0.1) is 0 Å². The van der Waals surface area contributed by atoms with Crippen LogP contribution < -0.4 is 24.7 Å². The summed E-state index contributed by atoms with van der Waals surface area (Å²) in [4.78, 5) is 4.59. The Hall–Kier alpha value is -12.2. The third-order valence-electron chi connectivity index (χ3n) is 21.2. The van der Waals surface area contributed by atoms with Crippen molar-refractivity contribution < 1.29 is 18.8 Å². The Kier molecular flexibility index (Phi) is 15.2. The fourth-order valence-corrected chi connectivity index (χ4v) is 15.7. The van der Waals surface area contributed by atoms with Crippen LogP contribution in [0.3, 0.4) is 0 Å². The number of para-hydroxylation sites is 4. The highest BCUT2D eigenvalue weighted by atomic mass is 79.9.